The van der Waals surface area contributed by atoms with E-state index < -0.39 is 11.4 Å². The number of aromatic nitrogens is 1. The van der Waals surface area contributed by atoms with Gasteiger partial charge in [-0.15, -0.1) is 0 Å². The van der Waals surface area contributed by atoms with Crippen molar-refractivity contribution in [3.8, 4) is 11.5 Å². The Bertz CT molecular complexity index is 808. The lowest BCUT2D eigenvalue weighted by atomic mass is 9.95. The molecule has 1 heterocycles. The Morgan fingerprint density at radius 2 is 2.00 bits per heavy atom. The van der Waals surface area contributed by atoms with Gasteiger partial charge in [-0.3, -0.25) is 8.74 Å². The fraction of sp³-hybridized carbons (Fsp3) is 0.571. The minimum atomic E-state index is -2.20. The summed E-state index contributed by atoms with van der Waals surface area (Å²) in [5.74, 6) is 1.41. The summed E-state index contributed by atoms with van der Waals surface area (Å²) in [6.07, 6.45) is 4.78. The third kappa shape index (κ3) is 7.01. The molecule has 1 aliphatic carbocycles. The van der Waals surface area contributed by atoms with Gasteiger partial charge in [0, 0.05) is 12.2 Å². The first-order valence-electron chi connectivity index (χ1n) is 10.0. The highest BCUT2D eigenvalue weighted by Crippen LogP contribution is 2.27. The molecule has 1 saturated carbocycles. The molecule has 1 N–H and O–H groups in total. The van der Waals surface area contributed by atoms with Crippen LogP contribution < -0.4 is 0 Å². The number of nitrogens with zero attached hydrogens (tertiary/aromatic N) is 1. The second kappa shape index (κ2) is 11.0. The normalized spacial score (nSPS) is 20.7. The smallest absolute Gasteiger partial charge is 0.301 e. The second-order valence-corrected chi connectivity index (χ2v) is 8.05. The minimum Gasteiger partial charge on any atom is -0.441 e. The Morgan fingerprint density at radius 1 is 1.21 bits per heavy atom. The molecule has 8 heteroatoms. The average Bonchev–Trinajstić information content (AvgIpc) is 3.07. The van der Waals surface area contributed by atoms with Gasteiger partial charge >= 0.3 is 11.4 Å². The maximum absolute atomic E-state index is 10.4. The largest absolute Gasteiger partial charge is 0.441 e. The van der Waals surface area contributed by atoms with Crippen LogP contribution in [0.15, 0.2) is 28.7 Å². The third-order valence-electron chi connectivity index (χ3n) is 5.02. The van der Waals surface area contributed by atoms with Gasteiger partial charge in [-0.05, 0) is 58.1 Å². The van der Waals surface area contributed by atoms with Gasteiger partial charge in [-0.25, -0.2) is 4.98 Å². The molecule has 0 saturated heterocycles. The van der Waals surface area contributed by atoms with Gasteiger partial charge in [0.2, 0.25) is 5.89 Å². The summed E-state index contributed by atoms with van der Waals surface area (Å²) in [7, 11) is 0. The zero-order valence-electron chi connectivity index (χ0n) is 17.0. The van der Waals surface area contributed by atoms with E-state index in [0.29, 0.717) is 25.5 Å². The molecule has 0 amide bonds. The summed E-state index contributed by atoms with van der Waals surface area (Å²) >= 11 is -2.20. The molecular formula is C21H29NO6S. The summed E-state index contributed by atoms with van der Waals surface area (Å²) in [6.45, 7) is 5.11. The second-order valence-electron chi connectivity index (χ2n) is 7.38. The number of hydrogen-bond donors (Lipinski definition) is 1. The maximum atomic E-state index is 10.4. The summed E-state index contributed by atoms with van der Waals surface area (Å²) in [5.41, 5.74) is 2.97. The van der Waals surface area contributed by atoms with E-state index in [1.165, 1.54) is 5.56 Å². The van der Waals surface area contributed by atoms with Crippen LogP contribution in [-0.4, -0.2) is 39.2 Å². The van der Waals surface area contributed by atoms with Crippen molar-refractivity contribution >= 4 is 11.4 Å². The summed E-state index contributed by atoms with van der Waals surface area (Å²) in [5, 5.41) is 0. The van der Waals surface area contributed by atoms with Crippen molar-refractivity contribution in [2.75, 3.05) is 13.2 Å². The molecule has 1 aliphatic rings. The van der Waals surface area contributed by atoms with Gasteiger partial charge in [0.05, 0.1) is 25.4 Å². The highest BCUT2D eigenvalue weighted by atomic mass is 32.2. The maximum Gasteiger partial charge on any atom is 0.301 e. The molecule has 1 fully saturated rings. The standard InChI is InChI=1S/C21H29NO6S/c1-15-6-3-7-17(12-15)21-22-20(16(2)28-21)14-26-19-9-4-8-18(13-19)25-10-5-11-27-29(23)24/h3,6-7,12,18-19H,4-5,8-11,13-14H2,1-2H3,(H,23,24)/t18-,19+/m1/s1. The molecule has 0 radical (unpaired) electrons. The molecule has 1 aromatic heterocycles. The van der Waals surface area contributed by atoms with Crippen molar-refractivity contribution in [1.82, 2.24) is 4.98 Å². The quantitative estimate of drug-likeness (QED) is 0.449. The lowest BCUT2D eigenvalue weighted by molar-refractivity contribution is -0.0525. The first-order valence-corrected chi connectivity index (χ1v) is 11.0. The number of hydrogen-bond acceptors (Lipinski definition) is 6. The van der Waals surface area contributed by atoms with Crippen molar-refractivity contribution in [3.63, 3.8) is 0 Å². The Kier molecular flexibility index (Phi) is 8.38. The lowest BCUT2D eigenvalue weighted by Crippen LogP contribution is -2.28. The summed E-state index contributed by atoms with van der Waals surface area (Å²) < 4.78 is 41.4. The van der Waals surface area contributed by atoms with Crippen LogP contribution in [0.25, 0.3) is 11.5 Å². The molecule has 1 unspecified atom stereocenters. The third-order valence-corrected chi connectivity index (χ3v) is 5.39. The molecule has 0 bridgehead atoms. The SMILES string of the molecule is Cc1cccc(-c2nc(CO[C@H]3CCC[C@@H](OCCCOS(=O)O)C3)c(C)o2)c1. The van der Waals surface area contributed by atoms with Crippen LogP contribution in [0.4, 0.5) is 0 Å². The van der Waals surface area contributed by atoms with E-state index in [1.54, 1.807) is 0 Å². The van der Waals surface area contributed by atoms with Crippen LogP contribution >= 0.6 is 0 Å². The van der Waals surface area contributed by atoms with E-state index >= 15 is 0 Å². The average molecular weight is 424 g/mol. The van der Waals surface area contributed by atoms with E-state index in [4.69, 9.17) is 18.4 Å². The van der Waals surface area contributed by atoms with Gasteiger partial charge in [0.15, 0.2) is 0 Å². The van der Waals surface area contributed by atoms with Gasteiger partial charge < -0.3 is 13.9 Å². The van der Waals surface area contributed by atoms with E-state index in [9.17, 15) is 4.21 Å². The number of benzene rings is 1. The molecule has 3 atom stereocenters. The Morgan fingerprint density at radius 3 is 2.76 bits per heavy atom. The zero-order chi connectivity index (χ0) is 20.6. The van der Waals surface area contributed by atoms with Gasteiger partial charge in [0.25, 0.3) is 0 Å². The van der Waals surface area contributed by atoms with Crippen LogP contribution in [0.5, 0.6) is 0 Å². The summed E-state index contributed by atoms with van der Waals surface area (Å²) in [6, 6.07) is 8.10. The lowest BCUT2D eigenvalue weighted by Gasteiger charge is -2.29. The fourth-order valence-electron chi connectivity index (χ4n) is 3.50. The van der Waals surface area contributed by atoms with Gasteiger partial charge in [0.1, 0.15) is 11.5 Å². The monoisotopic (exact) mass is 423 g/mol. The van der Waals surface area contributed by atoms with Gasteiger partial charge in [-0.2, -0.15) is 4.21 Å². The van der Waals surface area contributed by atoms with Crippen molar-refractivity contribution < 1.29 is 26.8 Å². The molecule has 2 aromatic rings. The van der Waals surface area contributed by atoms with Crippen molar-refractivity contribution in [1.29, 1.82) is 0 Å². The van der Waals surface area contributed by atoms with Crippen LogP contribution in [-0.2, 0) is 31.6 Å². The molecule has 7 nitrogen and oxygen atoms in total. The van der Waals surface area contributed by atoms with Crippen LogP contribution in [0, 0.1) is 13.8 Å². The van der Waals surface area contributed by atoms with Crippen molar-refractivity contribution in [2.45, 2.75) is 64.8 Å². The van der Waals surface area contributed by atoms with E-state index in [0.717, 1.165) is 42.7 Å². The Hall–Kier alpha value is -1.58. The van der Waals surface area contributed by atoms with E-state index in [2.05, 4.69) is 15.2 Å². The Balaban J connectivity index is 1.45. The predicted octanol–water partition coefficient (Wildman–Crippen LogP) is 4.35. The topological polar surface area (TPSA) is 91.0 Å². The number of ether oxygens (including phenoxy) is 2. The van der Waals surface area contributed by atoms with Crippen LogP contribution in [0.3, 0.4) is 0 Å². The van der Waals surface area contributed by atoms with Crippen LogP contribution in [0.1, 0.15) is 49.1 Å². The number of oxazole rings is 1. The first-order chi connectivity index (χ1) is 14.0. The number of aryl methyl sites for hydroxylation is 2. The fourth-order valence-corrected chi connectivity index (χ4v) is 3.76. The highest BCUT2D eigenvalue weighted by molar-refractivity contribution is 7.74. The molecule has 1 aromatic carbocycles. The molecule has 3 rings (SSSR count). The first kappa shape index (κ1) is 22.1. The molecular weight excluding hydrogens is 394 g/mol. The zero-order valence-corrected chi connectivity index (χ0v) is 17.8. The number of rotatable bonds is 10. The van der Waals surface area contributed by atoms with Crippen molar-refractivity contribution in [3.05, 3.63) is 41.3 Å². The van der Waals surface area contributed by atoms with Gasteiger partial charge in [-0.1, -0.05) is 17.7 Å². The van der Waals surface area contributed by atoms with E-state index in [1.807, 2.05) is 32.0 Å². The molecule has 0 aliphatic heterocycles. The minimum absolute atomic E-state index is 0.133. The van der Waals surface area contributed by atoms with Crippen molar-refractivity contribution in [2.24, 2.45) is 0 Å². The molecule has 29 heavy (non-hydrogen) atoms. The summed E-state index contributed by atoms with van der Waals surface area (Å²) in [4.78, 5) is 4.63. The Labute approximate surface area is 174 Å². The molecule has 0 spiro atoms. The highest BCUT2D eigenvalue weighted by Gasteiger charge is 2.24. The molecule has 160 valence electrons. The van der Waals surface area contributed by atoms with E-state index in [-0.39, 0.29) is 18.8 Å². The van der Waals surface area contributed by atoms with Crippen LogP contribution in [0.2, 0.25) is 0 Å². The predicted molar refractivity (Wildman–Crippen MR) is 110 cm³/mol.